The van der Waals surface area contributed by atoms with Crippen LogP contribution in [0.15, 0.2) is 30.3 Å². The highest BCUT2D eigenvalue weighted by Crippen LogP contribution is 2.42. The maximum Gasteiger partial charge on any atom is 0.234 e. The van der Waals surface area contributed by atoms with Gasteiger partial charge in [-0.05, 0) is 36.8 Å². The second-order valence-corrected chi connectivity index (χ2v) is 7.30. The van der Waals surface area contributed by atoms with Crippen molar-refractivity contribution in [3.05, 3.63) is 57.3 Å². The molecule has 1 aromatic carbocycles. The van der Waals surface area contributed by atoms with Crippen molar-refractivity contribution in [3.63, 3.8) is 0 Å². The number of thioether (sulfide) groups is 1. The van der Waals surface area contributed by atoms with Gasteiger partial charge in [-0.25, -0.2) is 8.78 Å². The number of hydrogen-bond acceptors (Lipinski definition) is 3. The summed E-state index contributed by atoms with van der Waals surface area (Å²) in [6.07, 6.45) is 0. The van der Waals surface area contributed by atoms with E-state index < -0.39 is 11.6 Å². The third-order valence-electron chi connectivity index (χ3n) is 3.25. The molecule has 3 rings (SSSR count). The van der Waals surface area contributed by atoms with E-state index in [-0.39, 0.29) is 17.8 Å². The molecule has 0 N–H and O–H groups in total. The summed E-state index contributed by atoms with van der Waals surface area (Å²) in [6, 6.07) is 7.41. The molecule has 1 unspecified atom stereocenters. The summed E-state index contributed by atoms with van der Waals surface area (Å²) in [7, 11) is 0. The number of aryl methyl sites for hydroxylation is 1. The maximum absolute atomic E-state index is 13.3. The van der Waals surface area contributed by atoms with Crippen molar-refractivity contribution in [2.45, 2.75) is 18.8 Å². The molecular formula is C15H13F2NOS2. The van der Waals surface area contributed by atoms with E-state index in [1.165, 1.54) is 17.0 Å². The predicted octanol–water partition coefficient (Wildman–Crippen LogP) is 4.11. The van der Waals surface area contributed by atoms with Gasteiger partial charge in [0.15, 0.2) is 0 Å². The largest absolute Gasteiger partial charge is 0.321 e. The Kier molecular flexibility index (Phi) is 3.99. The quantitative estimate of drug-likeness (QED) is 0.846. The summed E-state index contributed by atoms with van der Waals surface area (Å²) >= 11 is 3.20. The summed E-state index contributed by atoms with van der Waals surface area (Å²) in [6.45, 7) is 2.24. The molecule has 0 saturated carbocycles. The number of amides is 1. The minimum Gasteiger partial charge on any atom is -0.321 e. The van der Waals surface area contributed by atoms with Crippen LogP contribution in [-0.4, -0.2) is 16.6 Å². The zero-order chi connectivity index (χ0) is 15.0. The zero-order valence-electron chi connectivity index (χ0n) is 11.3. The number of thiophene rings is 1. The van der Waals surface area contributed by atoms with Crippen LogP contribution in [0.4, 0.5) is 8.78 Å². The van der Waals surface area contributed by atoms with E-state index in [2.05, 4.69) is 0 Å². The molecule has 1 aliphatic rings. The first-order valence-corrected chi connectivity index (χ1v) is 8.32. The predicted molar refractivity (Wildman–Crippen MR) is 81.2 cm³/mol. The van der Waals surface area contributed by atoms with Crippen molar-refractivity contribution in [1.82, 2.24) is 4.90 Å². The second kappa shape index (κ2) is 5.77. The van der Waals surface area contributed by atoms with Gasteiger partial charge in [-0.2, -0.15) is 0 Å². The molecule has 1 aliphatic heterocycles. The van der Waals surface area contributed by atoms with Crippen molar-refractivity contribution < 1.29 is 13.6 Å². The Morgan fingerprint density at radius 1 is 1.24 bits per heavy atom. The van der Waals surface area contributed by atoms with E-state index in [0.717, 1.165) is 10.9 Å². The first kappa shape index (κ1) is 14.5. The summed E-state index contributed by atoms with van der Waals surface area (Å²) in [5, 5.41) is -0.0671. The molecule has 0 spiro atoms. The van der Waals surface area contributed by atoms with Gasteiger partial charge in [-0.15, -0.1) is 23.1 Å². The molecule has 1 amide bonds. The second-order valence-electron chi connectivity index (χ2n) is 4.91. The van der Waals surface area contributed by atoms with Crippen molar-refractivity contribution in [3.8, 4) is 0 Å². The van der Waals surface area contributed by atoms with Crippen molar-refractivity contribution in [2.75, 3.05) is 5.75 Å². The average molecular weight is 325 g/mol. The minimum atomic E-state index is -0.618. The SMILES string of the molecule is Cc1ccc(C2SCC(=O)N2Cc2cc(F)cc(F)c2)s1. The van der Waals surface area contributed by atoms with Crippen LogP contribution in [0.3, 0.4) is 0 Å². The standard InChI is InChI=1S/C15H13F2NOS2/c1-9-2-3-13(21-9)15-18(14(19)8-20-15)7-10-4-11(16)6-12(17)5-10/h2-6,15H,7-8H2,1H3. The maximum atomic E-state index is 13.3. The molecule has 0 radical (unpaired) electrons. The molecule has 2 nitrogen and oxygen atoms in total. The molecule has 1 aromatic heterocycles. The molecule has 1 saturated heterocycles. The zero-order valence-corrected chi connectivity index (χ0v) is 12.9. The molecule has 110 valence electrons. The first-order chi connectivity index (χ1) is 10.0. The van der Waals surface area contributed by atoms with E-state index in [0.29, 0.717) is 11.3 Å². The Balaban J connectivity index is 1.86. The number of rotatable bonds is 3. The Morgan fingerprint density at radius 2 is 1.95 bits per heavy atom. The highest BCUT2D eigenvalue weighted by atomic mass is 32.2. The van der Waals surface area contributed by atoms with Gasteiger partial charge >= 0.3 is 0 Å². The monoisotopic (exact) mass is 325 g/mol. The molecule has 0 aliphatic carbocycles. The molecule has 6 heteroatoms. The Hall–Kier alpha value is -1.40. The Labute approximate surface area is 129 Å². The third-order valence-corrected chi connectivity index (χ3v) is 5.69. The highest BCUT2D eigenvalue weighted by molar-refractivity contribution is 8.00. The van der Waals surface area contributed by atoms with Crippen LogP contribution in [0.25, 0.3) is 0 Å². The van der Waals surface area contributed by atoms with E-state index in [4.69, 9.17) is 0 Å². The fourth-order valence-corrected chi connectivity index (χ4v) is 4.65. The minimum absolute atomic E-state index is 0.000669. The van der Waals surface area contributed by atoms with Crippen molar-refractivity contribution >= 4 is 29.0 Å². The number of nitrogens with zero attached hydrogens (tertiary/aromatic N) is 1. The van der Waals surface area contributed by atoms with Gasteiger partial charge < -0.3 is 4.90 Å². The van der Waals surface area contributed by atoms with Crippen LogP contribution in [0.1, 0.15) is 20.7 Å². The number of carbonyl (C=O) groups is 1. The third kappa shape index (κ3) is 3.11. The fourth-order valence-electron chi connectivity index (χ4n) is 2.35. The normalized spacial score (nSPS) is 18.5. The lowest BCUT2D eigenvalue weighted by Gasteiger charge is -2.23. The molecule has 1 fully saturated rings. The molecule has 2 heterocycles. The van der Waals surface area contributed by atoms with Crippen LogP contribution >= 0.6 is 23.1 Å². The summed E-state index contributed by atoms with van der Waals surface area (Å²) in [5.74, 6) is -0.833. The Bertz CT molecular complexity index is 666. The molecule has 21 heavy (non-hydrogen) atoms. The van der Waals surface area contributed by atoms with Crippen LogP contribution in [0, 0.1) is 18.6 Å². The van der Waals surface area contributed by atoms with E-state index in [1.54, 1.807) is 28.0 Å². The van der Waals surface area contributed by atoms with Gasteiger partial charge in [0.25, 0.3) is 0 Å². The number of carbonyl (C=O) groups excluding carboxylic acids is 1. The van der Waals surface area contributed by atoms with Crippen molar-refractivity contribution in [1.29, 1.82) is 0 Å². The topological polar surface area (TPSA) is 20.3 Å². The number of halogens is 2. The van der Waals surface area contributed by atoms with Crippen LogP contribution < -0.4 is 0 Å². The fraction of sp³-hybridized carbons (Fsp3) is 0.267. The molecule has 1 atom stereocenters. The van der Waals surface area contributed by atoms with E-state index in [9.17, 15) is 13.6 Å². The van der Waals surface area contributed by atoms with Crippen molar-refractivity contribution in [2.24, 2.45) is 0 Å². The molecular weight excluding hydrogens is 312 g/mol. The van der Waals surface area contributed by atoms with Gasteiger partial charge in [-0.1, -0.05) is 0 Å². The van der Waals surface area contributed by atoms with E-state index >= 15 is 0 Å². The van der Waals surface area contributed by atoms with Gasteiger partial charge in [0, 0.05) is 22.4 Å². The van der Waals surface area contributed by atoms with Crippen LogP contribution in [0.5, 0.6) is 0 Å². The molecule has 2 aromatic rings. The number of hydrogen-bond donors (Lipinski definition) is 0. The van der Waals surface area contributed by atoms with Crippen LogP contribution in [0.2, 0.25) is 0 Å². The van der Waals surface area contributed by atoms with E-state index in [1.807, 2.05) is 19.1 Å². The van der Waals surface area contributed by atoms with Gasteiger partial charge in [0.2, 0.25) is 5.91 Å². The summed E-state index contributed by atoms with van der Waals surface area (Å²) in [4.78, 5) is 16.0. The summed E-state index contributed by atoms with van der Waals surface area (Å²) < 4.78 is 26.6. The number of benzene rings is 1. The van der Waals surface area contributed by atoms with Gasteiger partial charge in [0.1, 0.15) is 17.0 Å². The molecule has 0 bridgehead atoms. The van der Waals surface area contributed by atoms with Gasteiger partial charge in [-0.3, -0.25) is 4.79 Å². The highest BCUT2D eigenvalue weighted by Gasteiger charge is 2.33. The van der Waals surface area contributed by atoms with Crippen LogP contribution in [-0.2, 0) is 11.3 Å². The lowest BCUT2D eigenvalue weighted by Crippen LogP contribution is -2.27. The summed E-state index contributed by atoms with van der Waals surface area (Å²) in [5.41, 5.74) is 0.474. The van der Waals surface area contributed by atoms with Gasteiger partial charge in [0.05, 0.1) is 5.75 Å². The first-order valence-electron chi connectivity index (χ1n) is 6.45. The lowest BCUT2D eigenvalue weighted by molar-refractivity contribution is -0.128. The average Bonchev–Trinajstić information content (AvgIpc) is 2.96. The Morgan fingerprint density at radius 3 is 2.57 bits per heavy atom. The smallest absolute Gasteiger partial charge is 0.234 e. The lowest BCUT2D eigenvalue weighted by atomic mass is 10.2.